The van der Waals surface area contributed by atoms with E-state index in [0.717, 1.165) is 0 Å². The number of fused-ring (bicyclic) bond motifs is 1. The molecule has 2 rings (SSSR count). The van der Waals surface area contributed by atoms with Gasteiger partial charge in [-0.05, 0) is 17.5 Å². The summed E-state index contributed by atoms with van der Waals surface area (Å²) in [4.78, 5) is 25.0. The van der Waals surface area contributed by atoms with Gasteiger partial charge in [-0.15, -0.1) is 0 Å². The van der Waals surface area contributed by atoms with Gasteiger partial charge in [0.05, 0.1) is 0 Å². The second kappa shape index (κ2) is 3.16. The van der Waals surface area contributed by atoms with E-state index in [9.17, 15) is 4.79 Å². The molecule has 0 amide bonds. The second-order valence-corrected chi connectivity index (χ2v) is 3.22. The van der Waals surface area contributed by atoms with Crippen molar-refractivity contribution in [3.63, 3.8) is 0 Å². The van der Waals surface area contributed by atoms with Crippen LogP contribution in [0.4, 0.5) is 5.95 Å². The van der Waals surface area contributed by atoms with Crippen LogP contribution in [0, 0.1) is 0 Å². The standard InChI is InChI=1S/C9H9N5O/c1-4(2)6(15)8-11-3-5-7(13-8)14-9(10)12-5/h3H,1H2,2H3,(H3,10,11,12,13,14)/p+1. The number of nitrogen functional groups attached to an aromatic ring is 1. The maximum Gasteiger partial charge on any atom is 0.371 e. The Morgan fingerprint density at radius 3 is 3.00 bits per heavy atom. The molecule has 2 aromatic rings. The van der Waals surface area contributed by atoms with E-state index in [4.69, 9.17) is 5.73 Å². The Hall–Kier alpha value is -2.24. The van der Waals surface area contributed by atoms with Crippen LogP contribution >= 0.6 is 0 Å². The molecule has 0 atom stereocenters. The number of rotatable bonds is 2. The van der Waals surface area contributed by atoms with Crippen LogP contribution in [0.5, 0.6) is 0 Å². The third kappa shape index (κ3) is 1.56. The fourth-order valence-corrected chi connectivity index (χ4v) is 1.18. The highest BCUT2D eigenvalue weighted by Crippen LogP contribution is 2.07. The minimum Gasteiger partial charge on any atom is -0.369 e. The lowest BCUT2D eigenvalue weighted by atomic mass is 10.2. The summed E-state index contributed by atoms with van der Waals surface area (Å²) in [5.74, 6) is 0.241. The topological polar surface area (TPSA) is 98.8 Å². The molecular weight excluding hydrogens is 194 g/mol. The van der Waals surface area contributed by atoms with Crippen molar-refractivity contribution in [2.75, 3.05) is 5.73 Å². The summed E-state index contributed by atoms with van der Waals surface area (Å²) in [7, 11) is 0. The molecular formula is C9H10N5O+. The molecule has 0 saturated carbocycles. The van der Waals surface area contributed by atoms with Gasteiger partial charge in [-0.25, -0.2) is 4.98 Å². The first kappa shape index (κ1) is 9.32. The summed E-state index contributed by atoms with van der Waals surface area (Å²) in [5, 5.41) is 0. The molecule has 15 heavy (non-hydrogen) atoms. The number of ketones is 1. The SMILES string of the molecule is C=C(C)C(=O)c1nc2nc(N)[nH]c2c[nH+]1. The number of nitrogens with one attached hydrogen (secondary N) is 2. The largest absolute Gasteiger partial charge is 0.371 e. The molecule has 6 heteroatoms. The van der Waals surface area contributed by atoms with Gasteiger partial charge in [0.2, 0.25) is 5.95 Å². The molecule has 76 valence electrons. The smallest absolute Gasteiger partial charge is 0.369 e. The summed E-state index contributed by atoms with van der Waals surface area (Å²) in [5.41, 5.74) is 6.94. The first-order chi connectivity index (χ1) is 7.08. The average molecular weight is 204 g/mol. The summed E-state index contributed by atoms with van der Waals surface area (Å²) in [6, 6.07) is 0. The zero-order valence-corrected chi connectivity index (χ0v) is 8.16. The van der Waals surface area contributed by atoms with Gasteiger partial charge < -0.3 is 10.7 Å². The number of nitrogens with two attached hydrogens (primary N) is 1. The number of imidazole rings is 1. The molecule has 0 aromatic carbocycles. The third-order valence-corrected chi connectivity index (χ3v) is 1.90. The summed E-state index contributed by atoms with van der Waals surface area (Å²) in [6.45, 7) is 5.18. The summed E-state index contributed by atoms with van der Waals surface area (Å²) < 4.78 is 0. The molecule has 2 aromatic heterocycles. The predicted octanol–water partition coefficient (Wildman–Crippen LogP) is 0.113. The molecule has 2 heterocycles. The molecule has 0 saturated heterocycles. The van der Waals surface area contributed by atoms with Gasteiger partial charge in [0.25, 0.3) is 11.4 Å². The van der Waals surface area contributed by atoms with Crippen LogP contribution in [0.3, 0.4) is 0 Å². The number of aromatic amines is 2. The van der Waals surface area contributed by atoms with Gasteiger partial charge in [-0.1, -0.05) is 6.58 Å². The fraction of sp³-hybridized carbons (Fsp3) is 0.111. The molecule has 0 radical (unpaired) electrons. The third-order valence-electron chi connectivity index (χ3n) is 1.90. The van der Waals surface area contributed by atoms with Crippen LogP contribution in [0.1, 0.15) is 17.5 Å². The molecule has 0 aliphatic heterocycles. The van der Waals surface area contributed by atoms with Crippen molar-refractivity contribution in [3.05, 3.63) is 24.2 Å². The maximum atomic E-state index is 11.5. The second-order valence-electron chi connectivity index (χ2n) is 3.22. The quantitative estimate of drug-likeness (QED) is 0.535. The van der Waals surface area contributed by atoms with Crippen LogP contribution in [0.15, 0.2) is 18.3 Å². The number of hydrogen-bond donors (Lipinski definition) is 2. The molecule has 6 nitrogen and oxygen atoms in total. The summed E-state index contributed by atoms with van der Waals surface area (Å²) in [6.07, 6.45) is 1.60. The Morgan fingerprint density at radius 2 is 2.33 bits per heavy atom. The van der Waals surface area contributed by atoms with E-state index in [2.05, 4.69) is 26.5 Å². The van der Waals surface area contributed by atoms with Gasteiger partial charge in [-0.2, -0.15) is 4.98 Å². The van der Waals surface area contributed by atoms with Crippen molar-refractivity contribution in [2.45, 2.75) is 6.92 Å². The van der Waals surface area contributed by atoms with Crippen LogP contribution < -0.4 is 10.7 Å². The van der Waals surface area contributed by atoms with Crippen LogP contribution in [-0.4, -0.2) is 20.7 Å². The van der Waals surface area contributed by atoms with Crippen LogP contribution in [0.25, 0.3) is 11.2 Å². The number of anilines is 1. The normalized spacial score (nSPS) is 10.5. The first-order valence-corrected chi connectivity index (χ1v) is 4.32. The zero-order valence-electron chi connectivity index (χ0n) is 8.16. The lowest BCUT2D eigenvalue weighted by Crippen LogP contribution is -2.19. The fourth-order valence-electron chi connectivity index (χ4n) is 1.18. The molecule has 0 fully saturated rings. The van der Waals surface area contributed by atoms with Gasteiger partial charge in [0.1, 0.15) is 6.20 Å². The molecule has 0 unspecified atom stereocenters. The van der Waals surface area contributed by atoms with Crippen molar-refractivity contribution >= 4 is 22.9 Å². The monoisotopic (exact) mass is 204 g/mol. The van der Waals surface area contributed by atoms with E-state index in [1.807, 2.05) is 0 Å². The first-order valence-electron chi connectivity index (χ1n) is 4.32. The van der Waals surface area contributed by atoms with Crippen molar-refractivity contribution in [3.8, 4) is 0 Å². The molecule has 4 N–H and O–H groups in total. The Morgan fingerprint density at radius 1 is 1.60 bits per heavy atom. The van der Waals surface area contributed by atoms with Gasteiger partial charge in [0.15, 0.2) is 5.52 Å². The van der Waals surface area contributed by atoms with E-state index in [1.165, 1.54) is 0 Å². The number of Topliss-reactive ketones (excluding diaryl/α,β-unsaturated/α-hetero) is 1. The van der Waals surface area contributed by atoms with Crippen molar-refractivity contribution in [1.82, 2.24) is 15.0 Å². The molecule has 0 spiro atoms. The van der Waals surface area contributed by atoms with Crippen molar-refractivity contribution in [2.24, 2.45) is 0 Å². The van der Waals surface area contributed by atoms with E-state index in [-0.39, 0.29) is 17.6 Å². The zero-order chi connectivity index (χ0) is 11.0. The van der Waals surface area contributed by atoms with Crippen molar-refractivity contribution in [1.29, 1.82) is 0 Å². The Kier molecular flexibility index (Phi) is 1.96. The van der Waals surface area contributed by atoms with E-state index in [0.29, 0.717) is 16.7 Å². The van der Waals surface area contributed by atoms with Crippen molar-refractivity contribution < 1.29 is 9.78 Å². The Bertz CT molecular complexity index is 557. The number of aromatic nitrogens is 4. The summed E-state index contributed by atoms with van der Waals surface area (Å²) >= 11 is 0. The Balaban J connectivity index is 2.55. The highest BCUT2D eigenvalue weighted by Gasteiger charge is 2.20. The van der Waals surface area contributed by atoms with Gasteiger partial charge >= 0.3 is 5.82 Å². The molecule has 0 aliphatic carbocycles. The minimum atomic E-state index is -0.238. The van der Waals surface area contributed by atoms with E-state index in [1.54, 1.807) is 13.1 Å². The lowest BCUT2D eigenvalue weighted by Gasteiger charge is -1.89. The molecule has 0 aliphatic rings. The number of H-pyrrole nitrogens is 2. The number of carbonyl (C=O) groups excluding carboxylic acids is 1. The highest BCUT2D eigenvalue weighted by atomic mass is 16.1. The predicted molar refractivity (Wildman–Crippen MR) is 54.0 cm³/mol. The average Bonchev–Trinajstić information content (AvgIpc) is 2.55. The maximum absolute atomic E-state index is 11.5. The molecule has 0 bridgehead atoms. The van der Waals surface area contributed by atoms with E-state index < -0.39 is 0 Å². The van der Waals surface area contributed by atoms with Crippen LogP contribution in [-0.2, 0) is 0 Å². The number of nitrogens with zero attached hydrogens (tertiary/aromatic N) is 2. The Labute approximate surface area is 85.3 Å². The minimum absolute atomic E-state index is 0.210. The number of carbonyl (C=O) groups is 1. The van der Waals surface area contributed by atoms with E-state index >= 15 is 0 Å². The highest BCUT2D eigenvalue weighted by molar-refractivity contribution is 6.04. The van der Waals surface area contributed by atoms with Gasteiger partial charge in [-0.3, -0.25) is 4.79 Å². The van der Waals surface area contributed by atoms with Gasteiger partial charge in [0, 0.05) is 0 Å². The lowest BCUT2D eigenvalue weighted by molar-refractivity contribution is -0.384. The number of allylic oxidation sites excluding steroid dienone is 1. The van der Waals surface area contributed by atoms with Crippen LogP contribution in [0.2, 0.25) is 0 Å². The number of hydrogen-bond acceptors (Lipinski definition) is 4.